The van der Waals surface area contributed by atoms with Gasteiger partial charge in [0.25, 0.3) is 0 Å². The van der Waals surface area contributed by atoms with Gasteiger partial charge in [-0.3, -0.25) is 9.79 Å². The summed E-state index contributed by atoms with van der Waals surface area (Å²) in [6.07, 6.45) is 3.88. The number of amides is 1. The fourth-order valence-electron chi connectivity index (χ4n) is 2.66. The van der Waals surface area contributed by atoms with Gasteiger partial charge in [0, 0.05) is 38.9 Å². The summed E-state index contributed by atoms with van der Waals surface area (Å²) in [7, 11) is 3.63. The van der Waals surface area contributed by atoms with Crippen LogP contribution in [-0.4, -0.2) is 53.7 Å². The molecule has 0 aliphatic heterocycles. The summed E-state index contributed by atoms with van der Waals surface area (Å²) in [5.41, 5.74) is 1.55. The molecule has 2 N–H and O–H groups in total. The Balaban J connectivity index is 2.08. The van der Waals surface area contributed by atoms with Crippen molar-refractivity contribution in [2.75, 3.05) is 27.2 Å². The van der Waals surface area contributed by atoms with E-state index in [9.17, 15) is 4.79 Å². The van der Waals surface area contributed by atoms with Gasteiger partial charge in [0.2, 0.25) is 5.91 Å². The highest BCUT2D eigenvalue weighted by Crippen LogP contribution is 2.16. The molecule has 0 saturated heterocycles. The quantitative estimate of drug-likeness (QED) is 0.578. The molecule has 0 spiro atoms. The smallest absolute Gasteiger partial charge is 0.227 e. The van der Waals surface area contributed by atoms with Crippen LogP contribution in [0.1, 0.15) is 26.3 Å². The van der Waals surface area contributed by atoms with Crippen LogP contribution in [0.4, 0.5) is 0 Å². The molecule has 1 amide bonds. The Bertz CT molecular complexity index is 766. The maximum Gasteiger partial charge on any atom is 0.227 e. The second-order valence-corrected chi connectivity index (χ2v) is 7.12. The van der Waals surface area contributed by atoms with Crippen LogP contribution in [0.15, 0.2) is 47.7 Å². The number of hydrogen-bond donors (Lipinski definition) is 2. The van der Waals surface area contributed by atoms with Crippen molar-refractivity contribution in [3.8, 4) is 5.69 Å². The van der Waals surface area contributed by atoms with Gasteiger partial charge in [-0.1, -0.05) is 18.2 Å². The number of guanidine groups is 1. The summed E-state index contributed by atoms with van der Waals surface area (Å²) in [4.78, 5) is 18.7. The lowest BCUT2D eigenvalue weighted by Crippen LogP contribution is -2.41. The first-order chi connectivity index (χ1) is 12.9. The average molecular weight is 371 g/mol. The van der Waals surface area contributed by atoms with Gasteiger partial charge in [0.05, 0.1) is 23.8 Å². The number of hydrogen-bond acceptors (Lipinski definition) is 3. The Morgan fingerprint density at radius 2 is 2.00 bits per heavy atom. The van der Waals surface area contributed by atoms with Crippen LogP contribution in [0.2, 0.25) is 0 Å². The minimum atomic E-state index is -0.561. The second kappa shape index (κ2) is 9.21. The standard InChI is InChI=1S/C20H30N6O/c1-6-22-19(23-15-20(2,3)18(27)21-4)25(5)13-16-12-24-26(14-16)17-10-8-7-9-11-17/h7-12,14H,6,13,15H2,1-5H3,(H,21,27)(H,22,23). The van der Waals surface area contributed by atoms with Crippen molar-refractivity contribution >= 4 is 11.9 Å². The molecule has 0 aliphatic carbocycles. The number of benzene rings is 1. The second-order valence-electron chi connectivity index (χ2n) is 7.12. The molecular formula is C20H30N6O. The summed E-state index contributed by atoms with van der Waals surface area (Å²) in [5, 5.41) is 10.4. The third kappa shape index (κ3) is 5.57. The highest BCUT2D eigenvalue weighted by atomic mass is 16.2. The number of nitrogens with zero attached hydrogens (tertiary/aromatic N) is 4. The maximum absolute atomic E-state index is 12.0. The Morgan fingerprint density at radius 1 is 1.30 bits per heavy atom. The fourth-order valence-corrected chi connectivity index (χ4v) is 2.66. The molecule has 2 aromatic rings. The van der Waals surface area contributed by atoms with Crippen LogP contribution in [0.5, 0.6) is 0 Å². The van der Waals surface area contributed by atoms with Gasteiger partial charge in [-0.2, -0.15) is 5.10 Å². The first-order valence-electron chi connectivity index (χ1n) is 9.18. The number of carbonyl (C=O) groups excluding carboxylic acids is 1. The molecule has 27 heavy (non-hydrogen) atoms. The van der Waals surface area contributed by atoms with Gasteiger partial charge in [0.1, 0.15) is 0 Å². The third-order valence-electron chi connectivity index (χ3n) is 4.24. The highest BCUT2D eigenvalue weighted by Gasteiger charge is 2.26. The molecule has 2 rings (SSSR count). The number of aliphatic imine (C=N–C) groups is 1. The minimum absolute atomic E-state index is 0.0195. The molecule has 0 bridgehead atoms. The van der Waals surface area contributed by atoms with E-state index in [1.54, 1.807) is 7.05 Å². The lowest BCUT2D eigenvalue weighted by atomic mass is 9.93. The van der Waals surface area contributed by atoms with Crippen molar-refractivity contribution in [3.05, 3.63) is 48.3 Å². The normalized spacial score (nSPS) is 12.0. The summed E-state index contributed by atoms with van der Waals surface area (Å²) < 4.78 is 1.86. The lowest BCUT2D eigenvalue weighted by molar-refractivity contribution is -0.128. The van der Waals surface area contributed by atoms with E-state index in [2.05, 4.69) is 20.7 Å². The molecule has 1 heterocycles. The Labute approximate surface area is 161 Å². The van der Waals surface area contributed by atoms with Crippen LogP contribution in [0.25, 0.3) is 5.69 Å². The molecule has 146 valence electrons. The van der Waals surface area contributed by atoms with Crippen molar-refractivity contribution in [3.63, 3.8) is 0 Å². The van der Waals surface area contributed by atoms with Gasteiger partial charge in [-0.05, 0) is 32.9 Å². The first kappa shape index (κ1) is 20.5. The van der Waals surface area contributed by atoms with Crippen molar-refractivity contribution in [1.82, 2.24) is 25.3 Å². The highest BCUT2D eigenvalue weighted by molar-refractivity contribution is 5.83. The van der Waals surface area contributed by atoms with E-state index < -0.39 is 5.41 Å². The number of para-hydroxylation sites is 1. The molecule has 1 aromatic heterocycles. The third-order valence-corrected chi connectivity index (χ3v) is 4.24. The molecule has 0 unspecified atom stereocenters. The number of carbonyl (C=O) groups is 1. The molecular weight excluding hydrogens is 340 g/mol. The van der Waals surface area contributed by atoms with E-state index in [1.165, 1.54) is 0 Å². The Hall–Kier alpha value is -2.83. The van der Waals surface area contributed by atoms with Crippen molar-refractivity contribution < 1.29 is 4.79 Å². The molecule has 0 aliphatic rings. The predicted molar refractivity (Wildman–Crippen MR) is 109 cm³/mol. The molecule has 1 aromatic carbocycles. The Kier molecular flexibility index (Phi) is 6.98. The van der Waals surface area contributed by atoms with Crippen molar-refractivity contribution in [2.24, 2.45) is 10.4 Å². The van der Waals surface area contributed by atoms with E-state index >= 15 is 0 Å². The molecule has 7 nitrogen and oxygen atoms in total. The molecule has 0 radical (unpaired) electrons. The maximum atomic E-state index is 12.0. The van der Waals surface area contributed by atoms with Crippen LogP contribution < -0.4 is 10.6 Å². The summed E-state index contributed by atoms with van der Waals surface area (Å²) in [5.74, 6) is 0.746. The zero-order valence-corrected chi connectivity index (χ0v) is 16.9. The first-order valence-corrected chi connectivity index (χ1v) is 9.18. The lowest BCUT2D eigenvalue weighted by Gasteiger charge is -2.24. The molecule has 0 atom stereocenters. The number of rotatable bonds is 7. The van der Waals surface area contributed by atoms with Crippen molar-refractivity contribution in [1.29, 1.82) is 0 Å². The van der Waals surface area contributed by atoms with Gasteiger partial charge in [0.15, 0.2) is 5.96 Å². The zero-order valence-electron chi connectivity index (χ0n) is 16.9. The summed E-state index contributed by atoms with van der Waals surface area (Å²) in [6.45, 7) is 7.64. The number of nitrogens with one attached hydrogen (secondary N) is 2. The number of aromatic nitrogens is 2. The van der Waals surface area contributed by atoms with Crippen LogP contribution in [0.3, 0.4) is 0 Å². The zero-order chi connectivity index (χ0) is 19.9. The average Bonchev–Trinajstić information content (AvgIpc) is 3.13. The van der Waals surface area contributed by atoms with Gasteiger partial charge in [-0.15, -0.1) is 0 Å². The van der Waals surface area contributed by atoms with Crippen molar-refractivity contribution in [2.45, 2.75) is 27.3 Å². The summed E-state index contributed by atoms with van der Waals surface area (Å²) in [6, 6.07) is 10.0. The monoisotopic (exact) mass is 370 g/mol. The topological polar surface area (TPSA) is 74.6 Å². The van der Waals surface area contributed by atoms with E-state index in [-0.39, 0.29) is 5.91 Å². The van der Waals surface area contributed by atoms with E-state index in [4.69, 9.17) is 0 Å². The predicted octanol–water partition coefficient (Wildman–Crippen LogP) is 2.04. The molecule has 0 fully saturated rings. The van der Waals surface area contributed by atoms with Crippen LogP contribution in [0, 0.1) is 5.41 Å². The van der Waals surface area contributed by atoms with E-state index in [0.717, 1.165) is 23.8 Å². The van der Waals surface area contributed by atoms with E-state index in [1.807, 2.05) is 80.1 Å². The van der Waals surface area contributed by atoms with Gasteiger partial charge in [-0.25, -0.2) is 4.68 Å². The van der Waals surface area contributed by atoms with E-state index in [0.29, 0.717) is 13.1 Å². The molecule has 7 heteroatoms. The molecule has 0 saturated carbocycles. The fraction of sp³-hybridized carbons (Fsp3) is 0.450. The Morgan fingerprint density at radius 3 is 2.63 bits per heavy atom. The van der Waals surface area contributed by atoms with Crippen LogP contribution in [-0.2, 0) is 11.3 Å². The van der Waals surface area contributed by atoms with Crippen LogP contribution >= 0.6 is 0 Å². The van der Waals surface area contributed by atoms with Gasteiger partial charge < -0.3 is 15.5 Å². The SMILES string of the molecule is CCNC(=NCC(C)(C)C(=O)NC)N(C)Cc1cnn(-c2ccccc2)c1. The largest absolute Gasteiger partial charge is 0.359 e. The minimum Gasteiger partial charge on any atom is -0.359 e. The summed E-state index contributed by atoms with van der Waals surface area (Å²) >= 11 is 0. The van der Waals surface area contributed by atoms with Gasteiger partial charge >= 0.3 is 0 Å².